The second-order valence-corrected chi connectivity index (χ2v) is 14.2. The lowest BCUT2D eigenvalue weighted by atomic mass is 9.92. The predicted octanol–water partition coefficient (Wildman–Crippen LogP) is 14.9. The zero-order chi connectivity index (χ0) is 37.6. The summed E-state index contributed by atoms with van der Waals surface area (Å²) < 4.78 is 8.81. The largest absolute Gasteiger partial charge is 0.456 e. The lowest BCUT2D eigenvalue weighted by Gasteiger charge is -2.17. The van der Waals surface area contributed by atoms with Crippen molar-refractivity contribution in [3.05, 3.63) is 212 Å². The summed E-state index contributed by atoms with van der Waals surface area (Å²) in [6.07, 6.45) is 4.05. The van der Waals surface area contributed by atoms with Crippen LogP contribution in [0.5, 0.6) is 0 Å². The molecule has 0 bridgehead atoms. The van der Waals surface area contributed by atoms with Crippen LogP contribution in [-0.4, -0.2) is 4.57 Å². The first-order chi connectivity index (χ1) is 27.6. The quantitative estimate of drug-likeness (QED) is 0.170. The lowest BCUT2D eigenvalue weighted by molar-refractivity contribution is 0.603. The zero-order valence-corrected chi connectivity index (χ0v) is 31.0. The van der Waals surface area contributed by atoms with E-state index in [9.17, 15) is 0 Å². The van der Waals surface area contributed by atoms with E-state index in [-0.39, 0.29) is 0 Å². The van der Waals surface area contributed by atoms with Gasteiger partial charge in [0.2, 0.25) is 0 Å². The molecule has 0 aliphatic rings. The molecule has 0 atom stereocenters. The number of fused-ring (bicyclic) bond motifs is 5. The van der Waals surface area contributed by atoms with Crippen molar-refractivity contribution in [1.29, 1.82) is 0 Å². The van der Waals surface area contributed by atoms with Crippen LogP contribution in [0.25, 0.3) is 83.1 Å². The first kappa shape index (κ1) is 33.2. The Morgan fingerprint density at radius 2 is 1.21 bits per heavy atom. The summed E-state index contributed by atoms with van der Waals surface area (Å²) in [6, 6.07) is 64.7. The molecule has 0 spiro atoms. The van der Waals surface area contributed by atoms with Gasteiger partial charge in [0.25, 0.3) is 0 Å². The summed E-state index contributed by atoms with van der Waals surface area (Å²) in [4.78, 5) is 0. The average Bonchev–Trinajstić information content (AvgIpc) is 3.79. The van der Waals surface area contributed by atoms with Crippen molar-refractivity contribution in [2.24, 2.45) is 0 Å². The standard InChI is InChI=1S/C53H38N2O/c1-3-15-52-53(44-24-10-12-27-51(44)56-52)35(2)45-33-39(28-30-47(45)54-41-21-13-20-38(32-41)36-16-5-4-6-17-36)40-29-31-50-46(34-40)43-23-9-11-25-49(43)55(50)48-26-14-19-37-18-7-8-22-42(37)48/h3-34,54H,2H2,1H3/b15-3-. The highest BCUT2D eigenvalue weighted by Gasteiger charge is 2.20. The van der Waals surface area contributed by atoms with Crippen LogP contribution in [0.4, 0.5) is 11.4 Å². The minimum atomic E-state index is 0.795. The van der Waals surface area contributed by atoms with Gasteiger partial charge >= 0.3 is 0 Å². The van der Waals surface area contributed by atoms with E-state index in [2.05, 4.69) is 174 Å². The summed E-state index contributed by atoms with van der Waals surface area (Å²) in [5.74, 6) is 0.795. The van der Waals surface area contributed by atoms with Crippen molar-refractivity contribution in [3.8, 4) is 27.9 Å². The molecule has 10 rings (SSSR count). The van der Waals surface area contributed by atoms with Crippen molar-refractivity contribution in [3.63, 3.8) is 0 Å². The lowest BCUT2D eigenvalue weighted by Crippen LogP contribution is -1.98. The number of hydrogen-bond acceptors (Lipinski definition) is 2. The number of furan rings is 1. The number of nitrogens with zero attached hydrogens (tertiary/aromatic N) is 1. The summed E-state index contributed by atoms with van der Waals surface area (Å²) in [5.41, 5.74) is 13.8. The van der Waals surface area contributed by atoms with Crippen LogP contribution in [0.3, 0.4) is 0 Å². The number of aromatic nitrogens is 1. The number of nitrogens with one attached hydrogen (secondary N) is 1. The highest BCUT2D eigenvalue weighted by Crippen LogP contribution is 2.42. The van der Waals surface area contributed by atoms with E-state index in [1.54, 1.807) is 0 Å². The van der Waals surface area contributed by atoms with Gasteiger partial charge in [-0.1, -0.05) is 140 Å². The number of anilines is 2. The fraction of sp³-hybridized carbons (Fsp3) is 0.0189. The van der Waals surface area contributed by atoms with E-state index in [1.165, 1.54) is 43.8 Å². The maximum atomic E-state index is 6.40. The number of allylic oxidation sites excluding steroid dienone is 1. The van der Waals surface area contributed by atoms with Crippen molar-refractivity contribution in [1.82, 2.24) is 4.57 Å². The Kier molecular flexibility index (Phi) is 8.19. The first-order valence-corrected chi connectivity index (χ1v) is 19.1. The van der Waals surface area contributed by atoms with Gasteiger partial charge < -0.3 is 14.3 Å². The topological polar surface area (TPSA) is 30.1 Å². The first-order valence-electron chi connectivity index (χ1n) is 19.1. The van der Waals surface area contributed by atoms with Gasteiger partial charge in [0, 0.05) is 44.0 Å². The molecule has 56 heavy (non-hydrogen) atoms. The number of benzene rings is 8. The molecule has 8 aromatic carbocycles. The van der Waals surface area contributed by atoms with Crippen LogP contribution in [0, 0.1) is 0 Å². The Bertz CT molecular complexity index is 3140. The van der Waals surface area contributed by atoms with E-state index < -0.39 is 0 Å². The number of rotatable bonds is 8. The van der Waals surface area contributed by atoms with Gasteiger partial charge in [0.1, 0.15) is 11.3 Å². The van der Waals surface area contributed by atoms with E-state index >= 15 is 0 Å². The molecule has 1 N–H and O–H groups in total. The Morgan fingerprint density at radius 1 is 0.554 bits per heavy atom. The molecule has 0 aliphatic carbocycles. The molecule has 0 aliphatic heterocycles. The van der Waals surface area contributed by atoms with Crippen LogP contribution < -0.4 is 5.32 Å². The average molecular weight is 719 g/mol. The van der Waals surface area contributed by atoms with Crippen molar-refractivity contribution in [2.45, 2.75) is 6.92 Å². The molecule has 3 nitrogen and oxygen atoms in total. The third-order valence-corrected chi connectivity index (χ3v) is 10.8. The summed E-state index contributed by atoms with van der Waals surface area (Å²) in [5, 5.41) is 9.70. The maximum absolute atomic E-state index is 6.40. The third-order valence-electron chi connectivity index (χ3n) is 10.8. The molecule has 0 unspecified atom stereocenters. The molecule has 2 aromatic heterocycles. The van der Waals surface area contributed by atoms with Gasteiger partial charge in [-0.25, -0.2) is 0 Å². The van der Waals surface area contributed by atoms with Crippen molar-refractivity contribution < 1.29 is 4.42 Å². The smallest absolute Gasteiger partial charge is 0.135 e. The van der Waals surface area contributed by atoms with E-state index in [0.717, 1.165) is 61.5 Å². The fourth-order valence-electron chi connectivity index (χ4n) is 8.24. The van der Waals surface area contributed by atoms with Gasteiger partial charge in [0.15, 0.2) is 0 Å². The van der Waals surface area contributed by atoms with Crippen LogP contribution in [-0.2, 0) is 0 Å². The Balaban J connectivity index is 1.14. The molecular formula is C53H38N2O. The van der Waals surface area contributed by atoms with Crippen molar-refractivity contribution in [2.75, 3.05) is 5.32 Å². The monoisotopic (exact) mass is 718 g/mol. The Hall–Kier alpha value is -7.36. The van der Waals surface area contributed by atoms with Gasteiger partial charge in [-0.05, 0) is 101 Å². The summed E-state index contributed by atoms with van der Waals surface area (Å²) in [6.45, 7) is 6.79. The van der Waals surface area contributed by atoms with Gasteiger partial charge in [0.05, 0.1) is 16.7 Å². The fourth-order valence-corrected chi connectivity index (χ4v) is 8.24. The van der Waals surface area contributed by atoms with Crippen LogP contribution >= 0.6 is 0 Å². The van der Waals surface area contributed by atoms with E-state index in [0.29, 0.717) is 0 Å². The van der Waals surface area contributed by atoms with Crippen molar-refractivity contribution >= 4 is 66.6 Å². The molecule has 0 saturated carbocycles. The minimum absolute atomic E-state index is 0.795. The minimum Gasteiger partial charge on any atom is -0.456 e. The second-order valence-electron chi connectivity index (χ2n) is 14.2. The highest BCUT2D eigenvalue weighted by atomic mass is 16.3. The molecule has 10 aromatic rings. The Labute approximate surface area is 326 Å². The van der Waals surface area contributed by atoms with Gasteiger partial charge in [-0.2, -0.15) is 0 Å². The predicted molar refractivity (Wildman–Crippen MR) is 238 cm³/mol. The second kappa shape index (κ2) is 13.8. The SMILES string of the molecule is C=C(c1cc(-c2ccc3c(c2)c2ccccc2n3-c2cccc3ccccc23)ccc1Nc1cccc(-c2ccccc2)c1)c1c(/C=C\C)oc2ccccc12. The molecule has 0 fully saturated rings. The molecule has 0 radical (unpaired) electrons. The van der Waals surface area contributed by atoms with Gasteiger partial charge in [-0.15, -0.1) is 0 Å². The number of para-hydroxylation sites is 2. The van der Waals surface area contributed by atoms with E-state index in [4.69, 9.17) is 11.0 Å². The summed E-state index contributed by atoms with van der Waals surface area (Å²) in [7, 11) is 0. The zero-order valence-electron chi connectivity index (χ0n) is 31.0. The molecule has 3 heteroatoms. The number of hydrogen-bond donors (Lipinski definition) is 1. The molecule has 0 amide bonds. The van der Waals surface area contributed by atoms with Crippen LogP contribution in [0.1, 0.15) is 23.8 Å². The highest BCUT2D eigenvalue weighted by molar-refractivity contribution is 6.12. The molecule has 266 valence electrons. The molecule has 2 heterocycles. The molecule has 0 saturated heterocycles. The normalized spacial score (nSPS) is 11.7. The van der Waals surface area contributed by atoms with Crippen LogP contribution in [0.15, 0.2) is 199 Å². The third kappa shape index (κ3) is 5.69. The van der Waals surface area contributed by atoms with E-state index in [1.807, 2.05) is 37.3 Å². The maximum Gasteiger partial charge on any atom is 0.135 e. The molecular weight excluding hydrogens is 681 g/mol. The van der Waals surface area contributed by atoms with Gasteiger partial charge in [-0.3, -0.25) is 0 Å². The van der Waals surface area contributed by atoms with Crippen LogP contribution in [0.2, 0.25) is 0 Å². The summed E-state index contributed by atoms with van der Waals surface area (Å²) >= 11 is 0. The Morgan fingerprint density at radius 3 is 2.09 bits per heavy atom.